The number of aromatic nitrogens is 2. The lowest BCUT2D eigenvalue weighted by molar-refractivity contribution is 0.0902. The van der Waals surface area contributed by atoms with Crippen LogP contribution >= 0.6 is 11.3 Å². The molecule has 0 saturated carbocycles. The molecule has 0 radical (unpaired) electrons. The van der Waals surface area contributed by atoms with Gasteiger partial charge in [0.1, 0.15) is 10.9 Å². The molecule has 2 rings (SSSR count). The molecule has 0 aliphatic carbocycles. The third kappa shape index (κ3) is 2.23. The first-order valence-corrected chi connectivity index (χ1v) is 5.75. The third-order valence-corrected chi connectivity index (χ3v) is 2.83. The van der Waals surface area contributed by atoms with Crippen molar-refractivity contribution >= 4 is 27.5 Å². The molecule has 2 N–H and O–H groups in total. The highest BCUT2D eigenvalue weighted by molar-refractivity contribution is 7.16. The highest BCUT2D eigenvalue weighted by Crippen LogP contribution is 2.27. The van der Waals surface area contributed by atoms with Gasteiger partial charge in [0.15, 0.2) is 0 Å². The van der Waals surface area contributed by atoms with Crippen molar-refractivity contribution in [1.82, 2.24) is 9.97 Å². The Morgan fingerprint density at radius 2 is 2.31 bits per heavy atom. The second kappa shape index (κ2) is 4.63. The molecule has 1 atom stereocenters. The predicted octanol–water partition coefficient (Wildman–Crippen LogP) is 1.69. The van der Waals surface area contributed by atoms with E-state index < -0.39 is 0 Å². The number of fused-ring (bicyclic) bond motifs is 1. The Morgan fingerprint density at radius 1 is 1.50 bits per heavy atom. The van der Waals surface area contributed by atoms with E-state index in [2.05, 4.69) is 9.97 Å². The third-order valence-electron chi connectivity index (χ3n) is 2.02. The molecular formula is C10H13N3O2S. The van der Waals surface area contributed by atoms with Crippen molar-refractivity contribution in [1.29, 1.82) is 0 Å². The molecule has 6 heteroatoms. The van der Waals surface area contributed by atoms with Crippen molar-refractivity contribution in [2.24, 2.45) is 0 Å². The van der Waals surface area contributed by atoms with Gasteiger partial charge in [0, 0.05) is 7.11 Å². The number of methoxy groups -OCH3 is 1. The van der Waals surface area contributed by atoms with Crippen LogP contribution in [0.1, 0.15) is 6.92 Å². The maximum Gasteiger partial charge on any atom is 0.227 e. The predicted molar refractivity (Wildman–Crippen MR) is 63.8 cm³/mol. The van der Waals surface area contributed by atoms with Gasteiger partial charge in [-0.3, -0.25) is 0 Å². The van der Waals surface area contributed by atoms with Gasteiger partial charge in [0.2, 0.25) is 11.8 Å². The number of nitrogen functional groups attached to an aromatic ring is 1. The minimum absolute atomic E-state index is 0.0672. The zero-order chi connectivity index (χ0) is 11.5. The monoisotopic (exact) mass is 239 g/mol. The van der Waals surface area contributed by atoms with E-state index >= 15 is 0 Å². The highest BCUT2D eigenvalue weighted by atomic mass is 32.1. The average molecular weight is 239 g/mol. The Hall–Kier alpha value is -1.40. The van der Waals surface area contributed by atoms with Crippen LogP contribution in [-0.4, -0.2) is 29.8 Å². The van der Waals surface area contributed by atoms with Gasteiger partial charge in [-0.15, -0.1) is 11.3 Å². The quantitative estimate of drug-likeness (QED) is 0.879. The second-order valence-electron chi connectivity index (χ2n) is 3.41. The molecule has 86 valence electrons. The van der Waals surface area contributed by atoms with Crippen molar-refractivity contribution in [3.8, 4) is 5.88 Å². The second-order valence-corrected chi connectivity index (χ2v) is 4.30. The Balaban J connectivity index is 2.31. The molecule has 0 aliphatic heterocycles. The number of nitrogens with two attached hydrogens (primary N) is 1. The molecule has 2 aromatic rings. The molecule has 0 saturated heterocycles. The number of hydrogen-bond acceptors (Lipinski definition) is 6. The zero-order valence-electron chi connectivity index (χ0n) is 9.14. The topological polar surface area (TPSA) is 70.3 Å². The van der Waals surface area contributed by atoms with E-state index in [-0.39, 0.29) is 12.1 Å². The summed E-state index contributed by atoms with van der Waals surface area (Å²) in [5, 5.41) is 2.83. The maximum absolute atomic E-state index is 5.66. The maximum atomic E-state index is 5.66. The van der Waals surface area contributed by atoms with Gasteiger partial charge in [-0.1, -0.05) is 0 Å². The van der Waals surface area contributed by atoms with Crippen LogP contribution in [0.15, 0.2) is 11.4 Å². The Morgan fingerprint density at radius 3 is 3.06 bits per heavy atom. The minimum atomic E-state index is -0.0672. The number of ether oxygens (including phenoxy) is 2. The molecule has 16 heavy (non-hydrogen) atoms. The standard InChI is InChI=1S/C10H13N3O2S/c1-6(5-14-2)15-8-7-3-4-16-9(7)13-10(11)12-8/h3-4,6H,5H2,1-2H3,(H2,11,12,13). The molecule has 1 unspecified atom stereocenters. The average Bonchev–Trinajstić information content (AvgIpc) is 2.65. The molecule has 0 aromatic carbocycles. The molecule has 0 bridgehead atoms. The molecule has 0 aliphatic rings. The number of hydrogen-bond donors (Lipinski definition) is 1. The van der Waals surface area contributed by atoms with E-state index in [9.17, 15) is 0 Å². The highest BCUT2D eigenvalue weighted by Gasteiger charge is 2.11. The van der Waals surface area contributed by atoms with Crippen LogP contribution in [0.5, 0.6) is 5.88 Å². The van der Waals surface area contributed by atoms with Crippen LogP contribution in [0.2, 0.25) is 0 Å². The van der Waals surface area contributed by atoms with Crippen molar-refractivity contribution in [3.63, 3.8) is 0 Å². The van der Waals surface area contributed by atoms with Gasteiger partial charge >= 0.3 is 0 Å². The lowest BCUT2D eigenvalue weighted by atomic mass is 10.4. The van der Waals surface area contributed by atoms with E-state index in [1.807, 2.05) is 18.4 Å². The summed E-state index contributed by atoms with van der Waals surface area (Å²) < 4.78 is 10.7. The summed E-state index contributed by atoms with van der Waals surface area (Å²) >= 11 is 1.51. The van der Waals surface area contributed by atoms with Crippen LogP contribution in [0.25, 0.3) is 10.2 Å². The normalized spacial score (nSPS) is 12.9. The SMILES string of the molecule is COCC(C)Oc1nc(N)nc2sccc12. The summed E-state index contributed by atoms with van der Waals surface area (Å²) in [5.74, 6) is 0.753. The smallest absolute Gasteiger partial charge is 0.227 e. The minimum Gasteiger partial charge on any atom is -0.472 e. The van der Waals surface area contributed by atoms with Gasteiger partial charge in [-0.2, -0.15) is 4.98 Å². The molecule has 5 nitrogen and oxygen atoms in total. The molecule has 0 amide bonds. The fraction of sp³-hybridized carbons (Fsp3) is 0.400. The van der Waals surface area contributed by atoms with E-state index in [0.29, 0.717) is 12.5 Å². The van der Waals surface area contributed by atoms with E-state index in [4.69, 9.17) is 15.2 Å². The Kier molecular flexibility index (Phi) is 3.21. The molecule has 0 fully saturated rings. The van der Waals surface area contributed by atoms with Crippen molar-refractivity contribution in [3.05, 3.63) is 11.4 Å². The summed E-state index contributed by atoms with van der Waals surface area (Å²) in [5.41, 5.74) is 5.61. The van der Waals surface area contributed by atoms with E-state index in [1.165, 1.54) is 11.3 Å². The lowest BCUT2D eigenvalue weighted by Crippen LogP contribution is -2.19. The number of anilines is 1. The molecule has 2 heterocycles. The summed E-state index contributed by atoms with van der Waals surface area (Å²) in [7, 11) is 1.63. The van der Waals surface area contributed by atoms with Crippen LogP contribution in [-0.2, 0) is 4.74 Å². The fourth-order valence-corrected chi connectivity index (χ4v) is 2.15. The number of thiophene rings is 1. The van der Waals surface area contributed by atoms with Crippen LogP contribution in [0, 0.1) is 0 Å². The van der Waals surface area contributed by atoms with Crippen LogP contribution < -0.4 is 10.5 Å². The van der Waals surface area contributed by atoms with Crippen LogP contribution in [0.3, 0.4) is 0 Å². The van der Waals surface area contributed by atoms with Crippen LogP contribution in [0.4, 0.5) is 5.95 Å². The summed E-state index contributed by atoms with van der Waals surface area (Å²) in [6.45, 7) is 2.43. The number of rotatable bonds is 4. The first-order valence-electron chi connectivity index (χ1n) is 4.87. The van der Waals surface area contributed by atoms with Crippen molar-refractivity contribution in [2.75, 3.05) is 19.5 Å². The Labute approximate surface area is 97.2 Å². The zero-order valence-corrected chi connectivity index (χ0v) is 9.95. The van der Waals surface area contributed by atoms with Gasteiger partial charge in [-0.25, -0.2) is 4.98 Å². The van der Waals surface area contributed by atoms with Gasteiger partial charge in [0.25, 0.3) is 0 Å². The van der Waals surface area contributed by atoms with Crippen molar-refractivity contribution < 1.29 is 9.47 Å². The lowest BCUT2D eigenvalue weighted by Gasteiger charge is -2.13. The summed E-state index contributed by atoms with van der Waals surface area (Å²) in [6.07, 6.45) is -0.0672. The van der Waals surface area contributed by atoms with Gasteiger partial charge in [-0.05, 0) is 18.4 Å². The molecule has 0 spiro atoms. The first-order chi connectivity index (χ1) is 7.70. The largest absolute Gasteiger partial charge is 0.472 e. The van der Waals surface area contributed by atoms with Crippen molar-refractivity contribution in [2.45, 2.75) is 13.0 Å². The van der Waals surface area contributed by atoms with Gasteiger partial charge in [0.05, 0.1) is 12.0 Å². The Bertz CT molecular complexity index is 486. The van der Waals surface area contributed by atoms with E-state index in [1.54, 1.807) is 7.11 Å². The first kappa shape index (κ1) is 11.1. The summed E-state index contributed by atoms with van der Waals surface area (Å²) in [6, 6.07) is 1.92. The molecular weight excluding hydrogens is 226 g/mol. The number of nitrogens with zero attached hydrogens (tertiary/aromatic N) is 2. The fourth-order valence-electron chi connectivity index (χ4n) is 1.39. The van der Waals surface area contributed by atoms with Gasteiger partial charge < -0.3 is 15.2 Å². The molecule has 2 aromatic heterocycles. The van der Waals surface area contributed by atoms with E-state index in [0.717, 1.165) is 10.2 Å². The summed E-state index contributed by atoms with van der Waals surface area (Å²) in [4.78, 5) is 9.05.